The van der Waals surface area contributed by atoms with Crippen LogP contribution in [0.5, 0.6) is 0 Å². The Morgan fingerprint density at radius 3 is 2.27 bits per heavy atom. The molecule has 0 saturated carbocycles. The molecule has 0 atom stereocenters. The van der Waals surface area contributed by atoms with E-state index in [0.29, 0.717) is 13.1 Å². The van der Waals surface area contributed by atoms with Crippen LogP contribution in [-0.4, -0.2) is 59.3 Å². The van der Waals surface area contributed by atoms with Crippen molar-refractivity contribution in [3.63, 3.8) is 0 Å². The molecule has 0 spiro atoms. The molecule has 0 aromatic carbocycles. The van der Waals surface area contributed by atoms with Gasteiger partial charge in [0.1, 0.15) is 0 Å². The molecule has 0 fully saturated rings. The summed E-state index contributed by atoms with van der Waals surface area (Å²) in [6, 6.07) is 0.132. The maximum Gasteiger partial charge on any atom is 0.317 e. The number of hydrogen-bond acceptors (Lipinski definition) is 4. The van der Waals surface area contributed by atoms with Crippen molar-refractivity contribution in [2.24, 2.45) is 0 Å². The van der Waals surface area contributed by atoms with Crippen LogP contribution in [0.15, 0.2) is 0 Å². The molecule has 0 aromatic rings. The Balaban J connectivity index is 3.76. The first-order valence-corrected chi connectivity index (χ1v) is 4.82. The number of nitrogens with zero attached hydrogens (tertiary/aromatic N) is 1. The minimum atomic E-state index is -0.913. The van der Waals surface area contributed by atoms with E-state index in [9.17, 15) is 9.59 Å². The van der Waals surface area contributed by atoms with Crippen molar-refractivity contribution in [1.29, 1.82) is 0 Å². The number of hydrogen-bond donors (Lipinski definition) is 3. The van der Waals surface area contributed by atoms with Gasteiger partial charge in [0.2, 0.25) is 0 Å². The molecule has 0 rings (SSSR count). The fourth-order valence-electron chi connectivity index (χ4n) is 1.11. The lowest BCUT2D eigenvalue weighted by atomic mass is 10.3. The van der Waals surface area contributed by atoms with Gasteiger partial charge in [-0.1, -0.05) is 0 Å². The van der Waals surface area contributed by atoms with Crippen molar-refractivity contribution in [2.75, 3.05) is 26.2 Å². The third kappa shape index (κ3) is 7.90. The molecule has 0 saturated heterocycles. The molecule has 0 aliphatic heterocycles. The van der Waals surface area contributed by atoms with E-state index in [4.69, 9.17) is 10.2 Å². The van der Waals surface area contributed by atoms with Crippen molar-refractivity contribution in [3.8, 4) is 0 Å². The van der Waals surface area contributed by atoms with E-state index in [1.54, 1.807) is 4.90 Å². The molecular weight excluding hydrogens is 200 g/mol. The normalized spacial score (nSPS) is 10.9. The molecule has 88 valence electrons. The highest BCUT2D eigenvalue weighted by Gasteiger charge is 2.12. The summed E-state index contributed by atoms with van der Waals surface area (Å²) in [5.41, 5.74) is 0. The zero-order chi connectivity index (χ0) is 11.8. The molecule has 0 heterocycles. The second-order valence-corrected chi connectivity index (χ2v) is 3.53. The highest BCUT2D eigenvalue weighted by Crippen LogP contribution is 1.96. The van der Waals surface area contributed by atoms with Gasteiger partial charge < -0.3 is 15.5 Å². The van der Waals surface area contributed by atoms with E-state index in [2.05, 4.69) is 5.32 Å². The lowest BCUT2D eigenvalue weighted by Gasteiger charge is -2.24. The molecular formula is C9H18N2O4. The number of rotatable bonds is 8. The Morgan fingerprint density at radius 2 is 1.87 bits per heavy atom. The second-order valence-electron chi connectivity index (χ2n) is 3.53. The highest BCUT2D eigenvalue weighted by molar-refractivity contribution is 5.69. The largest absolute Gasteiger partial charge is 0.480 e. The lowest BCUT2D eigenvalue weighted by molar-refractivity contribution is -0.139. The zero-order valence-electron chi connectivity index (χ0n) is 9.06. The summed E-state index contributed by atoms with van der Waals surface area (Å²) in [5, 5.41) is 19.7. The smallest absolute Gasteiger partial charge is 0.317 e. The summed E-state index contributed by atoms with van der Waals surface area (Å²) < 4.78 is 0. The minimum Gasteiger partial charge on any atom is -0.480 e. The Bertz CT molecular complexity index is 218. The van der Waals surface area contributed by atoms with Crippen LogP contribution >= 0.6 is 0 Å². The molecule has 0 amide bonds. The van der Waals surface area contributed by atoms with E-state index in [1.165, 1.54) is 0 Å². The second kappa shape index (κ2) is 7.19. The van der Waals surface area contributed by atoms with Crippen LogP contribution in [0.4, 0.5) is 0 Å². The average molecular weight is 218 g/mol. The van der Waals surface area contributed by atoms with Gasteiger partial charge in [-0.15, -0.1) is 0 Å². The zero-order valence-corrected chi connectivity index (χ0v) is 9.06. The third-order valence-electron chi connectivity index (χ3n) is 1.92. The lowest BCUT2D eigenvalue weighted by Crippen LogP contribution is -2.41. The number of carboxylic acids is 2. The van der Waals surface area contributed by atoms with E-state index >= 15 is 0 Å². The molecule has 0 aromatic heterocycles. The fourth-order valence-corrected chi connectivity index (χ4v) is 1.11. The van der Waals surface area contributed by atoms with Gasteiger partial charge in [0.05, 0.1) is 13.1 Å². The maximum atomic E-state index is 10.5. The topological polar surface area (TPSA) is 89.9 Å². The maximum absolute atomic E-state index is 10.5. The fraction of sp³-hybridized carbons (Fsp3) is 0.778. The summed E-state index contributed by atoms with van der Waals surface area (Å²) in [7, 11) is 0. The summed E-state index contributed by atoms with van der Waals surface area (Å²) >= 11 is 0. The van der Waals surface area contributed by atoms with Gasteiger partial charge in [0, 0.05) is 19.1 Å². The molecule has 3 N–H and O–H groups in total. The van der Waals surface area contributed by atoms with Crippen molar-refractivity contribution in [2.45, 2.75) is 19.9 Å². The van der Waals surface area contributed by atoms with Crippen molar-refractivity contribution >= 4 is 11.9 Å². The molecule has 0 unspecified atom stereocenters. The van der Waals surface area contributed by atoms with Gasteiger partial charge in [-0.05, 0) is 13.8 Å². The van der Waals surface area contributed by atoms with Crippen LogP contribution in [0.2, 0.25) is 0 Å². The van der Waals surface area contributed by atoms with Crippen LogP contribution in [0, 0.1) is 0 Å². The first-order chi connectivity index (χ1) is 6.93. The number of aliphatic carboxylic acids is 2. The summed E-state index contributed by atoms with van der Waals surface area (Å²) in [6.45, 7) is 4.68. The summed E-state index contributed by atoms with van der Waals surface area (Å²) in [5.74, 6) is -1.79. The van der Waals surface area contributed by atoms with Gasteiger partial charge in [-0.2, -0.15) is 0 Å². The van der Waals surface area contributed by atoms with Gasteiger partial charge in [0.25, 0.3) is 0 Å². The van der Waals surface area contributed by atoms with Gasteiger partial charge in [-0.25, -0.2) is 0 Å². The van der Waals surface area contributed by atoms with Crippen LogP contribution in [-0.2, 0) is 9.59 Å². The number of carbonyl (C=O) groups is 2. The predicted octanol–water partition coefficient (Wildman–Crippen LogP) is -0.544. The van der Waals surface area contributed by atoms with Crippen LogP contribution < -0.4 is 5.32 Å². The first-order valence-electron chi connectivity index (χ1n) is 4.82. The molecule has 0 aliphatic rings. The summed E-state index contributed by atoms with van der Waals surface area (Å²) in [6.07, 6.45) is 0. The number of nitrogens with one attached hydrogen (secondary N) is 1. The first kappa shape index (κ1) is 13.9. The van der Waals surface area contributed by atoms with Crippen LogP contribution in [0.3, 0.4) is 0 Å². The SMILES string of the molecule is CC(C)N(CCNCC(=O)O)CC(=O)O. The molecule has 0 radical (unpaired) electrons. The Kier molecular flexibility index (Phi) is 6.64. The van der Waals surface area contributed by atoms with E-state index in [-0.39, 0.29) is 19.1 Å². The van der Waals surface area contributed by atoms with E-state index in [0.717, 1.165) is 0 Å². The number of carboxylic acid groups (broad SMARTS) is 2. The quantitative estimate of drug-likeness (QED) is 0.474. The Labute approximate surface area is 88.9 Å². The highest BCUT2D eigenvalue weighted by atomic mass is 16.4. The minimum absolute atomic E-state index is 0.0214. The van der Waals surface area contributed by atoms with E-state index < -0.39 is 11.9 Å². The molecule has 0 aliphatic carbocycles. The third-order valence-corrected chi connectivity index (χ3v) is 1.92. The van der Waals surface area contributed by atoms with E-state index in [1.807, 2.05) is 13.8 Å². The van der Waals surface area contributed by atoms with Gasteiger partial charge in [-0.3, -0.25) is 14.5 Å². The molecule has 6 nitrogen and oxygen atoms in total. The van der Waals surface area contributed by atoms with Crippen molar-refractivity contribution in [3.05, 3.63) is 0 Å². The van der Waals surface area contributed by atoms with Gasteiger partial charge >= 0.3 is 11.9 Å². The standard InChI is InChI=1S/C9H18N2O4/c1-7(2)11(6-9(14)15)4-3-10-5-8(12)13/h7,10H,3-6H2,1-2H3,(H,12,13)(H,14,15). The van der Waals surface area contributed by atoms with Crippen molar-refractivity contribution < 1.29 is 19.8 Å². The van der Waals surface area contributed by atoms with Gasteiger partial charge in [0.15, 0.2) is 0 Å². The monoisotopic (exact) mass is 218 g/mol. The van der Waals surface area contributed by atoms with Crippen LogP contribution in [0.1, 0.15) is 13.8 Å². The molecule has 0 bridgehead atoms. The molecule has 15 heavy (non-hydrogen) atoms. The molecule has 6 heteroatoms. The van der Waals surface area contributed by atoms with Crippen molar-refractivity contribution in [1.82, 2.24) is 10.2 Å². The Hall–Kier alpha value is -1.14. The van der Waals surface area contributed by atoms with Crippen LogP contribution in [0.25, 0.3) is 0 Å². The summed E-state index contributed by atoms with van der Waals surface area (Å²) in [4.78, 5) is 22.4. The predicted molar refractivity (Wildman–Crippen MR) is 54.9 cm³/mol. The average Bonchev–Trinajstić information content (AvgIpc) is 2.08. The Morgan fingerprint density at radius 1 is 1.27 bits per heavy atom.